The Morgan fingerprint density at radius 2 is 2.20 bits per heavy atom. The van der Waals surface area contributed by atoms with E-state index in [1.54, 1.807) is 18.5 Å². The molecule has 6 nitrogen and oxygen atoms in total. The van der Waals surface area contributed by atoms with Crippen LogP contribution in [0.1, 0.15) is 25.7 Å². The minimum atomic E-state index is 0.467. The summed E-state index contributed by atoms with van der Waals surface area (Å²) in [6.45, 7) is 4.48. The average Bonchev–Trinajstić information content (AvgIpc) is 2.97. The van der Waals surface area contributed by atoms with Crippen molar-refractivity contribution in [1.82, 2.24) is 25.4 Å². The van der Waals surface area contributed by atoms with E-state index >= 15 is 0 Å². The molecule has 1 N–H and O–H groups in total. The van der Waals surface area contributed by atoms with Gasteiger partial charge in [-0.05, 0) is 43.8 Å². The lowest BCUT2D eigenvalue weighted by Gasteiger charge is -2.27. The molecule has 1 aliphatic rings. The van der Waals surface area contributed by atoms with Crippen LogP contribution in [-0.2, 0) is 6.42 Å². The van der Waals surface area contributed by atoms with Gasteiger partial charge in [-0.15, -0.1) is 0 Å². The maximum atomic E-state index is 5.32. The third-order valence-corrected chi connectivity index (χ3v) is 3.87. The topological polar surface area (TPSA) is 76.7 Å². The Morgan fingerprint density at radius 1 is 1.35 bits per heavy atom. The predicted octanol–water partition coefficient (Wildman–Crippen LogP) is 1.70. The van der Waals surface area contributed by atoms with Crippen LogP contribution in [-0.4, -0.2) is 33.2 Å². The summed E-state index contributed by atoms with van der Waals surface area (Å²) in [6.07, 6.45) is 6.69. The van der Waals surface area contributed by atoms with E-state index in [0.717, 1.165) is 19.5 Å². The number of nitrogens with zero attached hydrogens (tertiary/aromatic N) is 4. The Labute approximate surface area is 118 Å². The molecule has 0 aliphatic carbocycles. The van der Waals surface area contributed by atoms with E-state index in [0.29, 0.717) is 29.4 Å². The lowest BCUT2D eigenvalue weighted by molar-refractivity contribution is 0.257. The van der Waals surface area contributed by atoms with Gasteiger partial charge >= 0.3 is 0 Å². The fraction of sp³-hybridized carbons (Fsp3) is 0.571. The summed E-state index contributed by atoms with van der Waals surface area (Å²) in [7, 11) is 0. The molecule has 0 saturated carbocycles. The second-order valence-electron chi connectivity index (χ2n) is 5.37. The second kappa shape index (κ2) is 6.09. The Kier molecular flexibility index (Phi) is 4.01. The van der Waals surface area contributed by atoms with Gasteiger partial charge in [0.2, 0.25) is 17.5 Å². The van der Waals surface area contributed by atoms with Crippen LogP contribution in [0.4, 0.5) is 0 Å². The van der Waals surface area contributed by atoms with Crippen molar-refractivity contribution in [2.45, 2.75) is 26.2 Å². The van der Waals surface area contributed by atoms with E-state index in [1.165, 1.54) is 12.8 Å². The molecule has 1 saturated heterocycles. The van der Waals surface area contributed by atoms with E-state index in [2.05, 4.69) is 32.3 Å². The smallest absolute Gasteiger partial charge is 0.240 e. The summed E-state index contributed by atoms with van der Waals surface area (Å²) in [4.78, 5) is 12.6. The number of nitrogens with one attached hydrogen (secondary N) is 1. The summed E-state index contributed by atoms with van der Waals surface area (Å²) >= 11 is 0. The first-order valence-corrected chi connectivity index (χ1v) is 7.13. The molecule has 0 aromatic carbocycles. The molecule has 0 radical (unpaired) electrons. The summed E-state index contributed by atoms with van der Waals surface area (Å²) in [5.74, 6) is 2.87. The molecule has 2 unspecified atom stereocenters. The second-order valence-corrected chi connectivity index (χ2v) is 5.37. The predicted molar refractivity (Wildman–Crippen MR) is 73.8 cm³/mol. The van der Waals surface area contributed by atoms with Crippen molar-refractivity contribution in [2.24, 2.45) is 11.8 Å². The Morgan fingerprint density at radius 3 is 2.95 bits per heavy atom. The number of aromatic nitrogens is 4. The van der Waals surface area contributed by atoms with Crippen LogP contribution in [0.25, 0.3) is 11.6 Å². The molecule has 2 atom stereocenters. The Bertz CT molecular complexity index is 536. The van der Waals surface area contributed by atoms with Crippen molar-refractivity contribution in [3.63, 3.8) is 0 Å². The van der Waals surface area contributed by atoms with Gasteiger partial charge in [-0.2, -0.15) is 4.98 Å². The summed E-state index contributed by atoms with van der Waals surface area (Å²) in [5.41, 5.74) is 0. The fourth-order valence-corrected chi connectivity index (χ4v) is 2.65. The van der Waals surface area contributed by atoms with Crippen LogP contribution in [0.2, 0.25) is 0 Å². The van der Waals surface area contributed by atoms with Gasteiger partial charge < -0.3 is 9.84 Å². The highest BCUT2D eigenvalue weighted by Crippen LogP contribution is 2.23. The van der Waals surface area contributed by atoms with Gasteiger partial charge in [0.05, 0.1) is 0 Å². The van der Waals surface area contributed by atoms with Gasteiger partial charge in [0.15, 0.2) is 0 Å². The van der Waals surface area contributed by atoms with E-state index < -0.39 is 0 Å². The van der Waals surface area contributed by atoms with Gasteiger partial charge in [-0.1, -0.05) is 12.1 Å². The molecule has 0 bridgehead atoms. The molecule has 2 aromatic rings. The zero-order valence-electron chi connectivity index (χ0n) is 11.6. The van der Waals surface area contributed by atoms with E-state index in [1.807, 2.05) is 0 Å². The fourth-order valence-electron chi connectivity index (χ4n) is 2.65. The van der Waals surface area contributed by atoms with Crippen molar-refractivity contribution in [3.8, 4) is 11.6 Å². The summed E-state index contributed by atoms with van der Waals surface area (Å²) in [5, 5.41) is 7.40. The zero-order chi connectivity index (χ0) is 13.8. The highest BCUT2D eigenvalue weighted by molar-refractivity contribution is 5.40. The molecule has 6 heteroatoms. The Hall–Kier alpha value is -1.82. The largest absolute Gasteiger partial charge is 0.339 e. The maximum absolute atomic E-state index is 5.32. The van der Waals surface area contributed by atoms with Gasteiger partial charge in [0.25, 0.3) is 0 Å². The highest BCUT2D eigenvalue weighted by Gasteiger charge is 2.22. The first-order chi connectivity index (χ1) is 9.83. The monoisotopic (exact) mass is 273 g/mol. The molecule has 3 rings (SSSR count). The maximum Gasteiger partial charge on any atom is 0.240 e. The van der Waals surface area contributed by atoms with Gasteiger partial charge in [-0.25, -0.2) is 9.97 Å². The highest BCUT2D eigenvalue weighted by atomic mass is 16.5. The number of hydrogen-bond acceptors (Lipinski definition) is 6. The molecule has 3 heterocycles. The third-order valence-electron chi connectivity index (χ3n) is 3.87. The lowest BCUT2D eigenvalue weighted by Crippen LogP contribution is -2.33. The van der Waals surface area contributed by atoms with Crippen LogP contribution in [0.3, 0.4) is 0 Å². The van der Waals surface area contributed by atoms with Crippen LogP contribution < -0.4 is 5.32 Å². The molecule has 0 spiro atoms. The van der Waals surface area contributed by atoms with Crippen molar-refractivity contribution in [3.05, 3.63) is 24.4 Å². The first kappa shape index (κ1) is 13.2. The first-order valence-electron chi connectivity index (χ1n) is 7.13. The molecule has 1 aliphatic heterocycles. The van der Waals surface area contributed by atoms with Crippen LogP contribution in [0.5, 0.6) is 0 Å². The van der Waals surface area contributed by atoms with Gasteiger partial charge in [0.1, 0.15) is 0 Å². The summed E-state index contributed by atoms with van der Waals surface area (Å²) in [6, 6.07) is 1.77. The zero-order valence-corrected chi connectivity index (χ0v) is 11.6. The van der Waals surface area contributed by atoms with Gasteiger partial charge in [-0.3, -0.25) is 0 Å². The number of piperidine rings is 1. The van der Waals surface area contributed by atoms with Crippen LogP contribution >= 0.6 is 0 Å². The SMILES string of the molecule is CC(Cc1nc(-c2ncccn2)no1)C1CCCNC1. The molecular weight excluding hydrogens is 254 g/mol. The molecule has 1 fully saturated rings. The third kappa shape index (κ3) is 3.01. The number of rotatable bonds is 4. The summed E-state index contributed by atoms with van der Waals surface area (Å²) < 4.78 is 5.32. The molecule has 20 heavy (non-hydrogen) atoms. The Balaban J connectivity index is 1.65. The minimum Gasteiger partial charge on any atom is -0.339 e. The van der Waals surface area contributed by atoms with Crippen molar-refractivity contribution in [2.75, 3.05) is 13.1 Å². The van der Waals surface area contributed by atoms with E-state index in [-0.39, 0.29) is 0 Å². The van der Waals surface area contributed by atoms with Crippen LogP contribution in [0.15, 0.2) is 23.0 Å². The molecule has 106 valence electrons. The van der Waals surface area contributed by atoms with Crippen molar-refractivity contribution < 1.29 is 4.52 Å². The molecule has 0 amide bonds. The normalized spacial score (nSPS) is 20.8. The molecular formula is C14H19N5O. The van der Waals surface area contributed by atoms with Crippen molar-refractivity contribution in [1.29, 1.82) is 0 Å². The average molecular weight is 273 g/mol. The number of hydrogen-bond donors (Lipinski definition) is 1. The lowest BCUT2D eigenvalue weighted by atomic mass is 9.85. The molecule has 2 aromatic heterocycles. The van der Waals surface area contributed by atoms with Crippen LogP contribution in [0, 0.1) is 11.8 Å². The van der Waals surface area contributed by atoms with Crippen molar-refractivity contribution >= 4 is 0 Å². The van der Waals surface area contributed by atoms with Gasteiger partial charge in [0, 0.05) is 18.8 Å². The standard InChI is InChI=1S/C14H19N5O/c1-10(11-4-2-5-15-9-11)8-12-18-14(19-20-12)13-16-6-3-7-17-13/h3,6-7,10-11,15H,2,4-5,8-9H2,1H3. The quantitative estimate of drug-likeness (QED) is 0.913. The van der Waals surface area contributed by atoms with E-state index in [4.69, 9.17) is 4.52 Å². The van der Waals surface area contributed by atoms with E-state index in [9.17, 15) is 0 Å². The minimum absolute atomic E-state index is 0.467.